The van der Waals surface area contributed by atoms with Crippen LogP contribution in [0.4, 0.5) is 0 Å². The van der Waals surface area contributed by atoms with Crippen LogP contribution in [0.5, 0.6) is 5.75 Å². The van der Waals surface area contributed by atoms with Crippen LogP contribution in [-0.4, -0.2) is 35.7 Å². The minimum absolute atomic E-state index is 0.0415. The first-order valence-corrected chi connectivity index (χ1v) is 17.0. The first-order valence-electron chi connectivity index (χ1n) is 16.6. The third-order valence-electron chi connectivity index (χ3n) is 8.67. The lowest BCUT2D eigenvalue weighted by Crippen LogP contribution is -2.53. The summed E-state index contributed by atoms with van der Waals surface area (Å²) in [5.74, 6) is 0.519. The molecular weight excluding hydrogens is 664 g/mol. The molecule has 0 bridgehead atoms. The summed E-state index contributed by atoms with van der Waals surface area (Å²) in [4.78, 5) is 22.8. The smallest absolute Gasteiger partial charge is 0.266 e. The van der Waals surface area contributed by atoms with Crippen LogP contribution in [0.2, 0.25) is 5.02 Å². The Morgan fingerprint density at radius 2 is 1.51 bits per heavy atom. The lowest BCUT2D eigenvalue weighted by atomic mass is 9.80. The number of amides is 1. The summed E-state index contributed by atoms with van der Waals surface area (Å²) in [6.45, 7) is 0.815. The number of aliphatic hydroxyl groups excluding tert-OH is 1. The molecule has 11 heteroatoms. The molecule has 0 saturated carbocycles. The van der Waals surface area contributed by atoms with Crippen LogP contribution in [-0.2, 0) is 29.0 Å². The van der Waals surface area contributed by atoms with Crippen LogP contribution >= 0.6 is 11.6 Å². The van der Waals surface area contributed by atoms with Crippen molar-refractivity contribution < 1.29 is 19.4 Å². The van der Waals surface area contributed by atoms with E-state index in [-0.39, 0.29) is 26.1 Å². The lowest BCUT2D eigenvalue weighted by molar-refractivity contribution is -0.130. The van der Waals surface area contributed by atoms with E-state index in [1.807, 2.05) is 121 Å². The van der Waals surface area contributed by atoms with Gasteiger partial charge in [-0.1, -0.05) is 114 Å². The van der Waals surface area contributed by atoms with Crippen LogP contribution < -0.4 is 15.6 Å². The standard InChI is InChI=1S/C40H37ClN6O4/c41-36-14-7-6-13-34(36)27-43-46-39(49)40(25-32-11-4-5-12-33(32)26-44-47-42)37(30-17-15-29(16-18-30)28-9-2-1-3-10-28)51-38(45-40)31-19-21-35(22-20-31)50-24-8-23-48/h1-7,9-22,37,43,48H,8,23-27H2,(H,46,49)/t37-,40-/m0/s1. The SMILES string of the molecule is [N-]=[N+]=NCc1ccccc1C[C@]1(C(=O)NNCc2ccccc2Cl)N=C(c2ccc(OCCCO)cc2)O[C@H]1c1ccc(-c2ccccc2)cc1. The number of rotatable bonds is 15. The van der Waals surface area contributed by atoms with E-state index in [1.165, 1.54) is 0 Å². The molecule has 0 aliphatic carbocycles. The Balaban J connectivity index is 1.42. The van der Waals surface area contributed by atoms with Crippen molar-refractivity contribution in [3.63, 3.8) is 0 Å². The molecule has 5 aromatic carbocycles. The van der Waals surface area contributed by atoms with Crippen molar-refractivity contribution in [3.8, 4) is 16.9 Å². The zero-order chi connectivity index (χ0) is 35.5. The normalized spacial score (nSPS) is 16.4. The van der Waals surface area contributed by atoms with E-state index in [4.69, 9.17) is 36.7 Å². The van der Waals surface area contributed by atoms with Gasteiger partial charge in [-0.15, -0.1) is 0 Å². The third-order valence-corrected chi connectivity index (χ3v) is 9.04. The summed E-state index contributed by atoms with van der Waals surface area (Å²) in [5.41, 5.74) is 19.5. The number of carbonyl (C=O) groups excluding carboxylic acids is 1. The molecular formula is C40H37ClN6O4. The molecule has 0 aromatic heterocycles. The van der Waals surface area contributed by atoms with Gasteiger partial charge < -0.3 is 14.6 Å². The van der Waals surface area contributed by atoms with E-state index in [0.29, 0.717) is 35.3 Å². The molecule has 0 radical (unpaired) electrons. The fourth-order valence-corrected chi connectivity index (χ4v) is 6.22. The molecule has 10 nitrogen and oxygen atoms in total. The average molecular weight is 701 g/mol. The fourth-order valence-electron chi connectivity index (χ4n) is 6.02. The number of hydrogen-bond acceptors (Lipinski definition) is 7. The van der Waals surface area contributed by atoms with Gasteiger partial charge in [0.05, 0.1) is 13.2 Å². The predicted octanol–water partition coefficient (Wildman–Crippen LogP) is 7.90. The lowest BCUT2D eigenvalue weighted by Gasteiger charge is -2.31. The number of ether oxygens (including phenoxy) is 2. The highest BCUT2D eigenvalue weighted by Crippen LogP contribution is 2.43. The van der Waals surface area contributed by atoms with Crippen LogP contribution in [0.1, 0.15) is 40.3 Å². The molecule has 1 heterocycles. The van der Waals surface area contributed by atoms with Crippen LogP contribution in [0.25, 0.3) is 21.6 Å². The molecule has 0 unspecified atom stereocenters. The number of hydrogen-bond donors (Lipinski definition) is 3. The highest BCUT2D eigenvalue weighted by Gasteiger charge is 2.53. The number of halogens is 1. The molecule has 258 valence electrons. The topological polar surface area (TPSA) is 141 Å². The minimum Gasteiger partial charge on any atom is -0.494 e. The summed E-state index contributed by atoms with van der Waals surface area (Å²) < 4.78 is 12.5. The van der Waals surface area contributed by atoms with Gasteiger partial charge in [-0.25, -0.2) is 10.4 Å². The third kappa shape index (κ3) is 8.40. The monoisotopic (exact) mass is 700 g/mol. The Labute approximate surface area is 301 Å². The first-order chi connectivity index (χ1) is 25.0. The number of hydrazine groups is 1. The van der Waals surface area contributed by atoms with E-state index < -0.39 is 17.6 Å². The summed E-state index contributed by atoms with van der Waals surface area (Å²) in [6, 6.07) is 40.2. The van der Waals surface area contributed by atoms with Gasteiger partial charge in [-0.05, 0) is 69.2 Å². The number of nitrogens with zero attached hydrogens (tertiary/aromatic N) is 4. The Bertz CT molecular complexity index is 2020. The number of aliphatic imine (C=N–C) groups is 1. The molecule has 0 saturated heterocycles. The van der Waals surface area contributed by atoms with E-state index in [2.05, 4.69) is 20.9 Å². The van der Waals surface area contributed by atoms with Crippen molar-refractivity contribution in [1.29, 1.82) is 0 Å². The maximum absolute atomic E-state index is 14.7. The van der Waals surface area contributed by atoms with Crippen molar-refractivity contribution in [3.05, 3.63) is 171 Å². The Kier molecular flexibility index (Phi) is 11.6. The van der Waals surface area contributed by atoms with Crippen LogP contribution in [0.15, 0.2) is 138 Å². The highest BCUT2D eigenvalue weighted by molar-refractivity contribution is 6.31. The largest absolute Gasteiger partial charge is 0.494 e. The zero-order valence-electron chi connectivity index (χ0n) is 27.8. The maximum atomic E-state index is 14.7. The van der Waals surface area contributed by atoms with Crippen LogP contribution in [0.3, 0.4) is 0 Å². The molecule has 0 fully saturated rings. The molecule has 1 amide bonds. The van der Waals surface area contributed by atoms with E-state index in [1.54, 1.807) is 6.07 Å². The zero-order valence-corrected chi connectivity index (χ0v) is 28.5. The average Bonchev–Trinajstić information content (AvgIpc) is 3.56. The van der Waals surface area contributed by atoms with E-state index in [0.717, 1.165) is 33.4 Å². The predicted molar refractivity (Wildman–Crippen MR) is 198 cm³/mol. The second-order valence-corrected chi connectivity index (χ2v) is 12.4. The second kappa shape index (κ2) is 16.8. The summed E-state index contributed by atoms with van der Waals surface area (Å²) >= 11 is 6.41. The molecule has 1 aliphatic heterocycles. The van der Waals surface area contributed by atoms with Gasteiger partial charge in [0, 0.05) is 41.5 Å². The van der Waals surface area contributed by atoms with Gasteiger partial charge >= 0.3 is 0 Å². The molecule has 51 heavy (non-hydrogen) atoms. The second-order valence-electron chi connectivity index (χ2n) is 12.0. The van der Waals surface area contributed by atoms with Crippen LogP contribution in [0, 0.1) is 0 Å². The minimum atomic E-state index is -1.50. The highest BCUT2D eigenvalue weighted by atomic mass is 35.5. The van der Waals surface area contributed by atoms with Crippen molar-refractivity contribution in [2.24, 2.45) is 10.1 Å². The Morgan fingerprint density at radius 3 is 2.22 bits per heavy atom. The number of nitrogens with one attached hydrogen (secondary N) is 2. The number of carbonyl (C=O) groups is 1. The van der Waals surface area contributed by atoms with Gasteiger partial charge in [0.15, 0.2) is 11.6 Å². The molecule has 0 spiro atoms. The van der Waals surface area contributed by atoms with Crippen molar-refractivity contribution in [2.45, 2.75) is 37.6 Å². The van der Waals surface area contributed by atoms with E-state index >= 15 is 0 Å². The van der Waals surface area contributed by atoms with E-state index in [9.17, 15) is 4.79 Å². The van der Waals surface area contributed by atoms with Gasteiger partial charge in [-0.3, -0.25) is 10.2 Å². The quantitative estimate of drug-likeness (QED) is 0.0335. The first kappa shape index (κ1) is 35.2. The molecule has 2 atom stereocenters. The van der Waals surface area contributed by atoms with Crippen molar-refractivity contribution in [2.75, 3.05) is 13.2 Å². The Hall–Kier alpha value is -5.64. The van der Waals surface area contributed by atoms with Gasteiger partial charge in [0.1, 0.15) is 5.75 Å². The summed E-state index contributed by atoms with van der Waals surface area (Å²) in [6.07, 6.45) is -0.181. The fraction of sp³-hybridized carbons (Fsp3) is 0.200. The number of azide groups is 1. The van der Waals surface area contributed by atoms with Gasteiger partial charge in [0.25, 0.3) is 5.91 Å². The molecule has 1 aliphatic rings. The molecule has 6 rings (SSSR count). The van der Waals surface area contributed by atoms with Gasteiger partial charge in [-0.2, -0.15) is 0 Å². The maximum Gasteiger partial charge on any atom is 0.266 e. The summed E-state index contributed by atoms with van der Waals surface area (Å²) in [5, 5.41) is 13.5. The summed E-state index contributed by atoms with van der Waals surface area (Å²) in [7, 11) is 0. The van der Waals surface area contributed by atoms with Crippen molar-refractivity contribution in [1.82, 2.24) is 10.9 Å². The molecule has 3 N–H and O–H groups in total. The van der Waals surface area contributed by atoms with Gasteiger partial charge in [0.2, 0.25) is 5.90 Å². The number of benzene rings is 5. The van der Waals surface area contributed by atoms with Crippen molar-refractivity contribution >= 4 is 23.4 Å². The Morgan fingerprint density at radius 1 is 0.863 bits per heavy atom. The number of aliphatic hydroxyl groups is 1. The molecule has 5 aromatic rings.